The van der Waals surface area contributed by atoms with Crippen molar-refractivity contribution in [2.75, 3.05) is 11.9 Å². The molecule has 2 N–H and O–H groups in total. The topological polar surface area (TPSA) is 46.9 Å². The molecule has 4 nitrogen and oxygen atoms in total. The van der Waals surface area contributed by atoms with Crippen molar-refractivity contribution < 1.29 is 10.2 Å². The average Bonchev–Trinajstić information content (AvgIpc) is 2.97. The highest BCUT2D eigenvalue weighted by atomic mass is 16.3. The molecule has 6 aliphatic rings. The molecule has 1 spiro atoms. The highest BCUT2D eigenvalue weighted by molar-refractivity contribution is 5.67. The van der Waals surface area contributed by atoms with Gasteiger partial charge in [0.1, 0.15) is 6.23 Å². The first-order valence-corrected chi connectivity index (χ1v) is 9.57. The van der Waals surface area contributed by atoms with E-state index in [4.69, 9.17) is 0 Å². The molecular weight excluding hydrogens is 300 g/mol. The van der Waals surface area contributed by atoms with Crippen LogP contribution in [0.3, 0.4) is 0 Å². The summed E-state index contributed by atoms with van der Waals surface area (Å²) in [4.78, 5) is 4.83. The first-order valence-electron chi connectivity index (χ1n) is 9.57. The van der Waals surface area contributed by atoms with E-state index in [1.165, 1.54) is 11.3 Å². The number of rotatable bonds is 1. The molecule has 5 heterocycles. The van der Waals surface area contributed by atoms with Crippen LogP contribution in [0, 0.1) is 17.8 Å². The van der Waals surface area contributed by atoms with Gasteiger partial charge in [-0.05, 0) is 36.8 Å². The lowest BCUT2D eigenvalue weighted by Crippen LogP contribution is -2.72. The lowest BCUT2D eigenvalue weighted by Gasteiger charge is -2.62. The second-order valence-electron chi connectivity index (χ2n) is 8.81. The molecule has 1 aromatic rings. The molecule has 4 saturated heterocycles. The van der Waals surface area contributed by atoms with Gasteiger partial charge in [-0.15, -0.1) is 0 Å². The zero-order chi connectivity index (χ0) is 16.4. The summed E-state index contributed by atoms with van der Waals surface area (Å²) >= 11 is 0. The van der Waals surface area contributed by atoms with Crippen molar-refractivity contribution in [1.29, 1.82) is 0 Å². The van der Waals surface area contributed by atoms with Crippen molar-refractivity contribution >= 4 is 5.69 Å². The highest BCUT2D eigenvalue weighted by Crippen LogP contribution is 2.68. The predicted octanol–water partition coefficient (Wildman–Crippen LogP) is 1.55. The van der Waals surface area contributed by atoms with Gasteiger partial charge >= 0.3 is 0 Å². The van der Waals surface area contributed by atoms with Crippen molar-refractivity contribution in [3.05, 3.63) is 29.8 Å². The molecule has 5 fully saturated rings. The molecule has 0 radical (unpaired) electrons. The van der Waals surface area contributed by atoms with E-state index >= 15 is 0 Å². The molecule has 0 aromatic heterocycles. The Morgan fingerprint density at radius 2 is 2.00 bits per heavy atom. The Balaban J connectivity index is 1.60. The van der Waals surface area contributed by atoms with Gasteiger partial charge in [0.25, 0.3) is 0 Å². The van der Waals surface area contributed by atoms with Gasteiger partial charge in [-0.2, -0.15) is 0 Å². The van der Waals surface area contributed by atoms with Crippen LogP contribution in [0.15, 0.2) is 24.3 Å². The number of likely N-dealkylation sites (N-methyl/N-ethyl adjacent to an activating group) is 1. The summed E-state index contributed by atoms with van der Waals surface area (Å²) in [7, 11) is 2.19. The Hall–Kier alpha value is -1.10. The normalized spacial score (nSPS) is 55.8. The maximum absolute atomic E-state index is 11.6. The van der Waals surface area contributed by atoms with E-state index in [0.29, 0.717) is 35.9 Å². The summed E-state index contributed by atoms with van der Waals surface area (Å²) < 4.78 is 0. The second-order valence-corrected chi connectivity index (χ2v) is 8.81. The molecule has 1 aromatic carbocycles. The van der Waals surface area contributed by atoms with Crippen LogP contribution in [0.1, 0.15) is 31.7 Å². The minimum absolute atomic E-state index is 0.126. The Morgan fingerprint density at radius 1 is 1.21 bits per heavy atom. The number of piperidine rings is 4. The molecule has 5 bridgehead atoms. The Kier molecular flexibility index (Phi) is 2.45. The lowest BCUT2D eigenvalue weighted by molar-refractivity contribution is -0.211. The Bertz CT molecular complexity index is 723. The molecule has 128 valence electrons. The molecule has 7 rings (SSSR count). The van der Waals surface area contributed by atoms with Crippen molar-refractivity contribution in [3.63, 3.8) is 0 Å². The summed E-state index contributed by atoms with van der Waals surface area (Å²) in [6, 6.07) is 9.70. The second kappa shape index (κ2) is 4.17. The number of fused-ring (bicyclic) bond motifs is 2. The average molecular weight is 326 g/mol. The van der Waals surface area contributed by atoms with E-state index in [1.54, 1.807) is 0 Å². The number of para-hydroxylation sites is 1. The van der Waals surface area contributed by atoms with E-state index in [-0.39, 0.29) is 17.7 Å². The van der Waals surface area contributed by atoms with E-state index in [0.717, 1.165) is 19.3 Å². The van der Waals surface area contributed by atoms with Crippen LogP contribution in [0.25, 0.3) is 0 Å². The van der Waals surface area contributed by atoms with Crippen molar-refractivity contribution in [3.8, 4) is 0 Å². The van der Waals surface area contributed by atoms with Gasteiger partial charge in [-0.3, -0.25) is 4.90 Å². The van der Waals surface area contributed by atoms with Crippen LogP contribution in [-0.2, 0) is 5.41 Å². The van der Waals surface area contributed by atoms with Crippen molar-refractivity contribution in [2.24, 2.45) is 17.8 Å². The van der Waals surface area contributed by atoms with Crippen molar-refractivity contribution in [1.82, 2.24) is 4.90 Å². The predicted molar refractivity (Wildman–Crippen MR) is 91.7 cm³/mol. The molecule has 24 heavy (non-hydrogen) atoms. The van der Waals surface area contributed by atoms with Crippen LogP contribution >= 0.6 is 0 Å². The molecular formula is C20H26N2O2. The van der Waals surface area contributed by atoms with Gasteiger partial charge in [0, 0.05) is 42.1 Å². The van der Waals surface area contributed by atoms with Gasteiger partial charge in [-0.1, -0.05) is 25.1 Å². The number of aliphatic hydroxyl groups is 2. The van der Waals surface area contributed by atoms with Crippen molar-refractivity contribution in [2.45, 2.75) is 62.1 Å². The lowest BCUT2D eigenvalue weighted by atomic mass is 9.62. The van der Waals surface area contributed by atoms with E-state index in [1.807, 2.05) is 0 Å². The summed E-state index contributed by atoms with van der Waals surface area (Å²) in [6.45, 7) is 2.19. The van der Waals surface area contributed by atoms with Crippen LogP contribution in [0.2, 0.25) is 0 Å². The summed E-state index contributed by atoms with van der Waals surface area (Å²) in [5, 5.41) is 22.6. The Morgan fingerprint density at radius 3 is 2.79 bits per heavy atom. The fraction of sp³-hybridized carbons (Fsp3) is 0.700. The third-order valence-electron chi connectivity index (χ3n) is 8.46. The van der Waals surface area contributed by atoms with Crippen LogP contribution in [0.4, 0.5) is 5.69 Å². The molecule has 1 saturated carbocycles. The van der Waals surface area contributed by atoms with E-state index < -0.39 is 0 Å². The smallest absolute Gasteiger partial charge is 0.111 e. The zero-order valence-corrected chi connectivity index (χ0v) is 14.3. The number of anilines is 1. The van der Waals surface area contributed by atoms with Gasteiger partial charge in [0.2, 0.25) is 0 Å². The summed E-state index contributed by atoms with van der Waals surface area (Å²) in [5.74, 6) is 1.14. The quantitative estimate of drug-likeness (QED) is 0.822. The molecule has 1 aliphatic carbocycles. The van der Waals surface area contributed by atoms with E-state index in [2.05, 4.69) is 48.0 Å². The molecule has 4 heteroatoms. The first-order chi connectivity index (χ1) is 11.6. The number of aliphatic hydroxyl groups excluding tert-OH is 2. The maximum Gasteiger partial charge on any atom is 0.111 e. The molecule has 10 atom stereocenters. The zero-order valence-electron chi connectivity index (χ0n) is 14.3. The Labute approximate surface area is 143 Å². The van der Waals surface area contributed by atoms with Crippen LogP contribution in [-0.4, -0.2) is 52.6 Å². The number of hydrogen-bond acceptors (Lipinski definition) is 4. The largest absolute Gasteiger partial charge is 0.392 e. The fourth-order valence-corrected chi connectivity index (χ4v) is 7.88. The number of benzene rings is 1. The minimum Gasteiger partial charge on any atom is -0.392 e. The third kappa shape index (κ3) is 1.20. The molecule has 0 amide bonds. The van der Waals surface area contributed by atoms with Gasteiger partial charge in [0.05, 0.1) is 12.1 Å². The summed E-state index contributed by atoms with van der Waals surface area (Å²) in [6.07, 6.45) is 2.56. The monoisotopic (exact) mass is 326 g/mol. The number of nitrogens with zero attached hydrogens (tertiary/aromatic N) is 2. The van der Waals surface area contributed by atoms with Crippen LogP contribution < -0.4 is 4.90 Å². The van der Waals surface area contributed by atoms with Crippen LogP contribution in [0.5, 0.6) is 0 Å². The van der Waals surface area contributed by atoms with E-state index in [9.17, 15) is 10.2 Å². The standard InChI is InChI=1S/C20H26N2O2/c1-3-10-11-8-14-17-20(12-6-4-5-7-13(12)21(17)2)9-15(16(11)18(20)23)22(14)19(10)24/h4-7,10-11,14-19,23-24H,3,8-9H2,1-2H3/t10-,11+,14?,15-,16?,17-,18+,19+,20+/m0/s1. The fourth-order valence-electron chi connectivity index (χ4n) is 7.88. The van der Waals surface area contributed by atoms with Gasteiger partial charge < -0.3 is 15.1 Å². The highest BCUT2D eigenvalue weighted by Gasteiger charge is 2.76. The molecule has 5 aliphatic heterocycles. The maximum atomic E-state index is 11.6. The summed E-state index contributed by atoms with van der Waals surface area (Å²) in [5.41, 5.74) is 2.51. The number of hydrogen-bond donors (Lipinski definition) is 2. The third-order valence-corrected chi connectivity index (χ3v) is 8.46. The minimum atomic E-state index is -0.319. The SMILES string of the molecule is CC[C@@H]1[C@@H](O)N2C3C[C@H]1C1[C@@H](O)[C@]4(C[C@@H]12)c1ccccc1N(C)[C@@H]34. The van der Waals surface area contributed by atoms with Gasteiger partial charge in [-0.25, -0.2) is 0 Å². The first kappa shape index (κ1) is 14.1. The van der Waals surface area contributed by atoms with Gasteiger partial charge in [0.15, 0.2) is 0 Å². The molecule has 3 unspecified atom stereocenters.